The topological polar surface area (TPSA) is 95.9 Å². The molecule has 0 bridgehead atoms. The van der Waals surface area contributed by atoms with Crippen molar-refractivity contribution in [2.24, 2.45) is 0 Å². The van der Waals surface area contributed by atoms with Crippen LogP contribution in [0.4, 0.5) is 0 Å². The van der Waals surface area contributed by atoms with Crippen molar-refractivity contribution in [2.45, 2.75) is 334 Å². The van der Waals surface area contributed by atoms with Gasteiger partial charge in [-0.1, -0.05) is 276 Å². The van der Waals surface area contributed by atoms with Crippen molar-refractivity contribution in [2.75, 3.05) is 13.2 Å². The first-order valence-corrected chi connectivity index (χ1v) is 29.6. The van der Waals surface area contributed by atoms with Crippen LogP contribution in [0.1, 0.15) is 322 Å². The lowest BCUT2D eigenvalue weighted by atomic mass is 10.0. The van der Waals surface area contributed by atoms with E-state index in [-0.39, 0.29) is 18.5 Å². The molecule has 0 aromatic rings. The maximum atomic E-state index is 12.5. The highest BCUT2D eigenvalue weighted by atomic mass is 16.5. The Morgan fingerprint density at radius 3 is 1.08 bits per heavy atom. The number of aliphatic hydroxyl groups excluding tert-OH is 2. The van der Waals surface area contributed by atoms with Crippen molar-refractivity contribution in [3.8, 4) is 0 Å². The van der Waals surface area contributed by atoms with Crippen molar-refractivity contribution in [3.63, 3.8) is 0 Å². The fraction of sp³-hybridized carbons (Fsp3) is 0.900. The van der Waals surface area contributed by atoms with E-state index in [0.717, 1.165) is 70.6 Å². The normalized spacial score (nSPS) is 12.7. The molecular formula is C60H115NO5. The van der Waals surface area contributed by atoms with E-state index in [9.17, 15) is 19.8 Å². The molecule has 2 unspecified atom stereocenters. The molecule has 66 heavy (non-hydrogen) atoms. The number of carbonyl (C=O) groups is 2. The lowest BCUT2D eigenvalue weighted by molar-refractivity contribution is -0.143. The first kappa shape index (κ1) is 64.3. The van der Waals surface area contributed by atoms with Gasteiger partial charge >= 0.3 is 5.97 Å². The Morgan fingerprint density at radius 2 is 0.712 bits per heavy atom. The summed E-state index contributed by atoms with van der Waals surface area (Å²) in [6, 6.07) is -0.639. The quantitative estimate of drug-likeness (QED) is 0.0321. The summed E-state index contributed by atoms with van der Waals surface area (Å²) < 4.78 is 5.46. The van der Waals surface area contributed by atoms with Gasteiger partial charge in [-0.25, -0.2) is 0 Å². The number of aliphatic hydroxyl groups is 2. The minimum absolute atomic E-state index is 0.00854. The SMILES string of the molecule is CCCCCCCCCCCCCCCCCCCC/C=C/C(O)C(CO)NC(=O)CCCCCCCCC/C=C\CCCCCCOC(=O)CCCCCCCCCCCCCCCC. The molecule has 0 aromatic heterocycles. The predicted octanol–water partition coefficient (Wildman–Crippen LogP) is 18.2. The van der Waals surface area contributed by atoms with Crippen LogP contribution in [0.25, 0.3) is 0 Å². The van der Waals surface area contributed by atoms with Crippen LogP contribution >= 0.6 is 0 Å². The average Bonchev–Trinajstić information content (AvgIpc) is 3.32. The molecule has 6 nitrogen and oxygen atoms in total. The number of amides is 1. The van der Waals surface area contributed by atoms with E-state index in [0.29, 0.717) is 19.4 Å². The molecular weight excluding hydrogens is 815 g/mol. The number of rotatable bonds is 55. The summed E-state index contributed by atoms with van der Waals surface area (Å²) in [5, 5.41) is 23.2. The number of hydrogen-bond acceptors (Lipinski definition) is 5. The van der Waals surface area contributed by atoms with Crippen LogP contribution in [0.5, 0.6) is 0 Å². The second-order valence-electron chi connectivity index (χ2n) is 20.3. The smallest absolute Gasteiger partial charge is 0.305 e. The van der Waals surface area contributed by atoms with Gasteiger partial charge in [0.15, 0.2) is 0 Å². The monoisotopic (exact) mass is 930 g/mol. The predicted molar refractivity (Wildman–Crippen MR) is 287 cm³/mol. The van der Waals surface area contributed by atoms with Gasteiger partial charge in [0.2, 0.25) is 5.91 Å². The molecule has 0 rings (SSSR count). The summed E-state index contributed by atoms with van der Waals surface area (Å²) in [5.41, 5.74) is 0. The first-order chi connectivity index (χ1) is 32.5. The highest BCUT2D eigenvalue weighted by Crippen LogP contribution is 2.17. The molecule has 0 saturated heterocycles. The molecule has 0 aliphatic rings. The van der Waals surface area contributed by atoms with Crippen LogP contribution < -0.4 is 5.32 Å². The van der Waals surface area contributed by atoms with Crippen LogP contribution in [0.3, 0.4) is 0 Å². The molecule has 0 radical (unpaired) electrons. The van der Waals surface area contributed by atoms with Crippen molar-refractivity contribution in [1.82, 2.24) is 5.32 Å². The molecule has 0 aliphatic heterocycles. The lowest BCUT2D eigenvalue weighted by Crippen LogP contribution is -2.45. The van der Waals surface area contributed by atoms with Crippen LogP contribution in [0.2, 0.25) is 0 Å². The molecule has 1 amide bonds. The van der Waals surface area contributed by atoms with Crippen LogP contribution in [0.15, 0.2) is 24.3 Å². The molecule has 0 fully saturated rings. The van der Waals surface area contributed by atoms with E-state index >= 15 is 0 Å². The van der Waals surface area contributed by atoms with Crippen LogP contribution in [0, 0.1) is 0 Å². The molecule has 390 valence electrons. The molecule has 0 aliphatic carbocycles. The Balaban J connectivity index is 3.50. The van der Waals surface area contributed by atoms with Crippen molar-refractivity contribution < 1.29 is 24.5 Å². The number of hydrogen-bond donors (Lipinski definition) is 3. The summed E-state index contributed by atoms with van der Waals surface area (Å²) in [5.74, 6) is -0.0891. The lowest BCUT2D eigenvalue weighted by Gasteiger charge is -2.20. The zero-order chi connectivity index (χ0) is 47.9. The second kappa shape index (κ2) is 55.9. The van der Waals surface area contributed by atoms with Gasteiger partial charge in [-0.15, -0.1) is 0 Å². The standard InChI is InChI=1S/C60H115NO5/c1-3-5-7-9-11-13-15-17-19-20-21-22-23-25-28-32-36-40-44-48-52-58(63)57(56-62)61-59(64)53-49-45-41-37-33-29-26-24-27-31-35-39-43-47-51-55-66-60(65)54-50-46-42-38-34-30-18-16-14-12-10-8-6-4-2/h27,31,48,52,57-58,62-63H,3-26,28-30,32-47,49-51,53-56H2,1-2H3,(H,61,64)/b31-27-,52-48+. The van der Waals surface area contributed by atoms with Gasteiger partial charge < -0.3 is 20.3 Å². The Hall–Kier alpha value is -1.66. The fourth-order valence-corrected chi connectivity index (χ4v) is 9.16. The first-order valence-electron chi connectivity index (χ1n) is 29.6. The number of unbranched alkanes of at least 4 members (excludes halogenated alkanes) is 42. The zero-order valence-electron chi connectivity index (χ0n) is 44.4. The number of allylic oxidation sites excluding steroid dienone is 3. The summed E-state index contributed by atoms with van der Waals surface area (Å²) in [7, 11) is 0. The molecule has 6 heteroatoms. The van der Waals surface area contributed by atoms with E-state index < -0.39 is 12.1 Å². The summed E-state index contributed by atoms with van der Waals surface area (Å²) in [4.78, 5) is 24.5. The summed E-state index contributed by atoms with van der Waals surface area (Å²) in [6.45, 7) is 4.89. The van der Waals surface area contributed by atoms with Crippen molar-refractivity contribution in [3.05, 3.63) is 24.3 Å². The van der Waals surface area contributed by atoms with E-state index in [1.54, 1.807) is 6.08 Å². The number of ether oxygens (including phenoxy) is 1. The van der Waals surface area contributed by atoms with Gasteiger partial charge in [0, 0.05) is 12.8 Å². The summed E-state index contributed by atoms with van der Waals surface area (Å²) in [6.07, 6.45) is 67.7. The molecule has 0 spiro atoms. The number of carbonyl (C=O) groups excluding carboxylic acids is 2. The molecule has 0 heterocycles. The van der Waals surface area contributed by atoms with Gasteiger partial charge in [-0.2, -0.15) is 0 Å². The molecule has 2 atom stereocenters. The van der Waals surface area contributed by atoms with Gasteiger partial charge in [-0.3, -0.25) is 9.59 Å². The Morgan fingerprint density at radius 1 is 0.409 bits per heavy atom. The zero-order valence-corrected chi connectivity index (χ0v) is 44.4. The third kappa shape index (κ3) is 51.7. The Labute approximate surface area is 411 Å². The van der Waals surface area contributed by atoms with Gasteiger partial charge in [-0.05, 0) is 57.8 Å². The van der Waals surface area contributed by atoms with Gasteiger partial charge in [0.25, 0.3) is 0 Å². The number of esters is 1. The van der Waals surface area contributed by atoms with Crippen LogP contribution in [-0.2, 0) is 14.3 Å². The van der Waals surface area contributed by atoms with E-state index in [1.807, 2.05) is 6.08 Å². The highest BCUT2D eigenvalue weighted by molar-refractivity contribution is 5.76. The summed E-state index contributed by atoms with van der Waals surface area (Å²) >= 11 is 0. The highest BCUT2D eigenvalue weighted by Gasteiger charge is 2.18. The third-order valence-electron chi connectivity index (χ3n) is 13.7. The van der Waals surface area contributed by atoms with E-state index in [2.05, 4.69) is 31.3 Å². The van der Waals surface area contributed by atoms with Crippen molar-refractivity contribution >= 4 is 11.9 Å². The number of nitrogens with one attached hydrogen (secondary N) is 1. The maximum Gasteiger partial charge on any atom is 0.305 e. The largest absolute Gasteiger partial charge is 0.466 e. The second-order valence-corrected chi connectivity index (χ2v) is 20.3. The van der Waals surface area contributed by atoms with Crippen LogP contribution in [-0.4, -0.2) is 47.4 Å². The minimum Gasteiger partial charge on any atom is -0.466 e. The van der Waals surface area contributed by atoms with E-state index in [4.69, 9.17) is 4.74 Å². The third-order valence-corrected chi connectivity index (χ3v) is 13.7. The fourth-order valence-electron chi connectivity index (χ4n) is 9.16. The van der Waals surface area contributed by atoms with Gasteiger partial charge in [0.05, 0.1) is 25.4 Å². The minimum atomic E-state index is -0.855. The Bertz CT molecular complexity index is 1030. The molecule has 0 aromatic carbocycles. The average molecular weight is 931 g/mol. The molecule has 0 saturated carbocycles. The van der Waals surface area contributed by atoms with E-state index in [1.165, 1.54) is 225 Å². The maximum absolute atomic E-state index is 12.5. The van der Waals surface area contributed by atoms with Crippen molar-refractivity contribution in [1.29, 1.82) is 0 Å². The van der Waals surface area contributed by atoms with Gasteiger partial charge in [0.1, 0.15) is 0 Å². The Kier molecular flexibility index (Phi) is 54.5. The molecule has 3 N–H and O–H groups in total.